The first-order valence-electron chi connectivity index (χ1n) is 7.66. The molecule has 3 aliphatic rings. The molecule has 2 heteroatoms. The van der Waals surface area contributed by atoms with Crippen LogP contribution >= 0.6 is 0 Å². The monoisotopic (exact) mass is 282 g/mol. The second kappa shape index (κ2) is 5.51. The number of fused-ring (bicyclic) bond motifs is 1. The van der Waals surface area contributed by atoms with Crippen molar-refractivity contribution in [1.82, 2.24) is 0 Å². The molecule has 1 saturated carbocycles. The number of benzene rings is 1. The molecule has 4 rings (SSSR count). The molecule has 0 radical (unpaired) electrons. The van der Waals surface area contributed by atoms with Crippen LogP contribution in [0.3, 0.4) is 0 Å². The Kier molecular flexibility index (Phi) is 3.71. The molecule has 110 valence electrons. The maximum Gasteiger partial charge on any atom is 0.331 e. The molecule has 1 fully saturated rings. The van der Waals surface area contributed by atoms with Crippen molar-refractivity contribution >= 4 is 12.0 Å². The second-order valence-electron chi connectivity index (χ2n) is 6.67. The maximum absolute atomic E-state index is 11.8. The van der Waals surface area contributed by atoms with Gasteiger partial charge in [-0.1, -0.05) is 50.3 Å². The predicted octanol–water partition coefficient (Wildman–Crippen LogP) is 4.24. The van der Waals surface area contributed by atoms with Crippen LogP contribution in [0.4, 0.5) is 0 Å². The smallest absolute Gasteiger partial charge is 0.331 e. The Hall–Kier alpha value is -1.83. The molecule has 2 unspecified atom stereocenters. The number of rotatable bonds is 4. The topological polar surface area (TPSA) is 26.3 Å². The van der Waals surface area contributed by atoms with Crippen LogP contribution in [0, 0.1) is 17.3 Å². The average Bonchev–Trinajstić information content (AvgIpc) is 2.52. The Balaban J connectivity index is 1.53. The van der Waals surface area contributed by atoms with Gasteiger partial charge in [0, 0.05) is 6.08 Å². The van der Waals surface area contributed by atoms with Gasteiger partial charge in [0.2, 0.25) is 0 Å². The van der Waals surface area contributed by atoms with Crippen molar-refractivity contribution in [2.75, 3.05) is 6.61 Å². The van der Waals surface area contributed by atoms with Crippen LogP contribution in [-0.2, 0) is 9.53 Å². The molecule has 2 nitrogen and oxygen atoms in total. The average molecular weight is 282 g/mol. The number of allylic oxidation sites excluding steroid dienone is 1. The lowest BCUT2D eigenvalue weighted by Crippen LogP contribution is -2.48. The summed E-state index contributed by atoms with van der Waals surface area (Å²) in [6, 6.07) is 9.79. The molecule has 3 aliphatic carbocycles. The number of hydrogen-bond acceptors (Lipinski definition) is 2. The standard InChI is InChI=1S/C19H22O2/c1-19(2)16-10-9-15(17(19)12-16)13-21-18(20)11-8-14-6-4-3-5-7-14/h3-9,11,16-17H,10,12-13H2,1-2H3/b11-8+. The van der Waals surface area contributed by atoms with Crippen LogP contribution in [0.25, 0.3) is 6.08 Å². The van der Waals surface area contributed by atoms with E-state index in [0.717, 1.165) is 17.9 Å². The Bertz CT molecular complexity index is 581. The van der Waals surface area contributed by atoms with E-state index in [1.165, 1.54) is 18.1 Å². The van der Waals surface area contributed by atoms with E-state index in [2.05, 4.69) is 19.9 Å². The first-order valence-corrected chi connectivity index (χ1v) is 7.66. The Morgan fingerprint density at radius 3 is 2.76 bits per heavy atom. The van der Waals surface area contributed by atoms with Gasteiger partial charge in [-0.15, -0.1) is 0 Å². The van der Waals surface area contributed by atoms with Gasteiger partial charge in [-0.05, 0) is 47.3 Å². The van der Waals surface area contributed by atoms with Gasteiger partial charge in [-0.25, -0.2) is 4.79 Å². The van der Waals surface area contributed by atoms with E-state index in [9.17, 15) is 4.79 Å². The summed E-state index contributed by atoms with van der Waals surface area (Å²) in [5, 5.41) is 0. The van der Waals surface area contributed by atoms with Crippen LogP contribution in [-0.4, -0.2) is 12.6 Å². The van der Waals surface area contributed by atoms with Crippen molar-refractivity contribution in [2.24, 2.45) is 17.3 Å². The van der Waals surface area contributed by atoms with E-state index in [1.807, 2.05) is 30.3 Å². The molecule has 2 bridgehead atoms. The lowest BCUT2D eigenvalue weighted by atomic mass is 9.49. The molecular formula is C19H22O2. The molecule has 0 heterocycles. The van der Waals surface area contributed by atoms with Crippen LogP contribution in [0.2, 0.25) is 0 Å². The quantitative estimate of drug-likeness (QED) is 0.469. The minimum Gasteiger partial charge on any atom is -0.458 e. The van der Waals surface area contributed by atoms with Crippen LogP contribution in [0.15, 0.2) is 48.1 Å². The number of hydrogen-bond donors (Lipinski definition) is 0. The number of esters is 1. The molecular weight excluding hydrogens is 260 g/mol. The first kappa shape index (κ1) is 14.1. The van der Waals surface area contributed by atoms with Crippen molar-refractivity contribution in [3.05, 3.63) is 53.6 Å². The third-order valence-corrected chi connectivity index (χ3v) is 5.18. The number of ether oxygens (including phenoxy) is 1. The largest absolute Gasteiger partial charge is 0.458 e. The van der Waals surface area contributed by atoms with Gasteiger partial charge in [-0.2, -0.15) is 0 Å². The Morgan fingerprint density at radius 2 is 2.10 bits per heavy atom. The van der Waals surface area contributed by atoms with E-state index >= 15 is 0 Å². The van der Waals surface area contributed by atoms with Crippen LogP contribution in [0.5, 0.6) is 0 Å². The summed E-state index contributed by atoms with van der Waals surface area (Å²) in [4.78, 5) is 11.8. The zero-order chi connectivity index (χ0) is 14.9. The summed E-state index contributed by atoms with van der Waals surface area (Å²) in [7, 11) is 0. The minimum absolute atomic E-state index is 0.265. The third-order valence-electron chi connectivity index (χ3n) is 5.18. The highest BCUT2D eigenvalue weighted by molar-refractivity contribution is 5.87. The van der Waals surface area contributed by atoms with E-state index in [0.29, 0.717) is 17.9 Å². The molecule has 21 heavy (non-hydrogen) atoms. The third kappa shape index (κ3) is 2.80. The van der Waals surface area contributed by atoms with E-state index in [1.54, 1.807) is 6.08 Å². The van der Waals surface area contributed by atoms with Crippen LogP contribution < -0.4 is 0 Å². The van der Waals surface area contributed by atoms with Gasteiger partial charge in [0.1, 0.15) is 6.61 Å². The summed E-state index contributed by atoms with van der Waals surface area (Å²) in [5.41, 5.74) is 2.70. The lowest BCUT2D eigenvalue weighted by molar-refractivity contribution is -0.137. The molecule has 0 spiro atoms. The second-order valence-corrected chi connectivity index (χ2v) is 6.67. The van der Waals surface area contributed by atoms with E-state index in [-0.39, 0.29) is 5.97 Å². The molecule has 2 atom stereocenters. The highest BCUT2D eigenvalue weighted by Gasteiger charge is 2.51. The van der Waals surface area contributed by atoms with Gasteiger partial charge < -0.3 is 4.74 Å². The van der Waals surface area contributed by atoms with Gasteiger partial charge in [-0.3, -0.25) is 0 Å². The van der Waals surface area contributed by atoms with Gasteiger partial charge in [0.15, 0.2) is 0 Å². The van der Waals surface area contributed by atoms with Crippen molar-refractivity contribution in [1.29, 1.82) is 0 Å². The summed E-state index contributed by atoms with van der Waals surface area (Å²) in [6.45, 7) is 5.10. The summed E-state index contributed by atoms with van der Waals surface area (Å²) in [5.74, 6) is 1.15. The van der Waals surface area contributed by atoms with E-state index < -0.39 is 0 Å². The predicted molar refractivity (Wildman–Crippen MR) is 84.5 cm³/mol. The zero-order valence-corrected chi connectivity index (χ0v) is 12.7. The van der Waals surface area contributed by atoms with E-state index in [4.69, 9.17) is 4.74 Å². The highest BCUT2D eigenvalue weighted by atomic mass is 16.5. The molecule has 0 aromatic heterocycles. The van der Waals surface area contributed by atoms with Crippen molar-refractivity contribution in [3.63, 3.8) is 0 Å². The summed E-state index contributed by atoms with van der Waals surface area (Å²) >= 11 is 0. The number of carbonyl (C=O) groups excluding carboxylic acids is 1. The zero-order valence-electron chi connectivity index (χ0n) is 12.7. The molecule has 0 saturated heterocycles. The maximum atomic E-state index is 11.8. The van der Waals surface area contributed by atoms with Gasteiger partial charge in [0.05, 0.1) is 0 Å². The summed E-state index contributed by atoms with van der Waals surface area (Å²) < 4.78 is 5.40. The fourth-order valence-corrected chi connectivity index (χ4v) is 3.57. The fourth-order valence-electron chi connectivity index (χ4n) is 3.57. The van der Waals surface area contributed by atoms with Crippen LogP contribution in [0.1, 0.15) is 32.3 Å². The van der Waals surface area contributed by atoms with Gasteiger partial charge >= 0.3 is 5.97 Å². The van der Waals surface area contributed by atoms with Crippen molar-refractivity contribution in [3.8, 4) is 0 Å². The SMILES string of the molecule is CC1(C)C2CC=C(COC(=O)/C=C/c3ccccc3)C1C2. The Morgan fingerprint density at radius 1 is 1.33 bits per heavy atom. The molecule has 0 N–H and O–H groups in total. The lowest BCUT2D eigenvalue weighted by Gasteiger charge is -2.56. The molecule has 1 aromatic carbocycles. The first-order chi connectivity index (χ1) is 10.1. The Labute approximate surface area is 126 Å². The molecule has 0 amide bonds. The summed E-state index contributed by atoms with van der Waals surface area (Å²) in [6.07, 6.45) is 7.97. The van der Waals surface area contributed by atoms with Crippen molar-refractivity contribution < 1.29 is 9.53 Å². The molecule has 0 aliphatic heterocycles. The fraction of sp³-hybridized carbons (Fsp3) is 0.421. The number of carbonyl (C=O) groups is 1. The highest BCUT2D eigenvalue weighted by Crippen LogP contribution is 2.59. The minimum atomic E-state index is -0.265. The normalized spacial score (nSPS) is 26.1. The molecule has 1 aromatic rings. The van der Waals surface area contributed by atoms with Crippen molar-refractivity contribution in [2.45, 2.75) is 26.7 Å². The van der Waals surface area contributed by atoms with Gasteiger partial charge in [0.25, 0.3) is 0 Å².